The zero-order valence-electron chi connectivity index (χ0n) is 15.6. The van der Waals surface area contributed by atoms with Gasteiger partial charge < -0.3 is 14.9 Å². The first-order valence-electron chi connectivity index (χ1n) is 9.26. The Morgan fingerprint density at radius 3 is 2.52 bits per heavy atom. The molecule has 3 aromatic carbocycles. The van der Waals surface area contributed by atoms with E-state index in [-0.39, 0.29) is 11.9 Å². The molecule has 0 saturated carbocycles. The summed E-state index contributed by atoms with van der Waals surface area (Å²) in [7, 11) is 1.63. The van der Waals surface area contributed by atoms with Gasteiger partial charge in [0.05, 0.1) is 18.8 Å². The Balaban J connectivity index is 1.61. The number of fused-ring (bicyclic) bond motifs is 3. The minimum absolute atomic E-state index is 0.0745. The smallest absolute Gasteiger partial charge is 0.196 e. The maximum atomic E-state index is 13.5. The fraction of sp³-hybridized carbons (Fsp3) is 0.130. The minimum Gasteiger partial charge on any atom is -0.493 e. The first-order valence-corrected chi connectivity index (χ1v) is 9.63. The van der Waals surface area contributed by atoms with Crippen molar-refractivity contribution < 1.29 is 13.9 Å². The summed E-state index contributed by atoms with van der Waals surface area (Å²) < 4.78 is 25.4. The normalized spacial score (nSPS) is 20.2. The summed E-state index contributed by atoms with van der Waals surface area (Å²) in [5.74, 6) is 1.08. The highest BCUT2D eigenvalue weighted by atomic mass is 35.5. The van der Waals surface area contributed by atoms with Crippen molar-refractivity contribution in [3.63, 3.8) is 0 Å². The van der Waals surface area contributed by atoms with Gasteiger partial charge in [-0.2, -0.15) is 5.01 Å². The number of hydrazine groups is 1. The second kappa shape index (κ2) is 7.10. The Bertz CT molecular complexity index is 1080. The van der Waals surface area contributed by atoms with E-state index in [1.54, 1.807) is 19.2 Å². The maximum absolute atomic E-state index is 13.5. The minimum atomic E-state index is -0.453. The highest BCUT2D eigenvalue weighted by molar-refractivity contribution is 6.30. The molecule has 0 saturated heterocycles. The van der Waals surface area contributed by atoms with E-state index in [9.17, 15) is 4.39 Å². The topological polar surface area (TPSA) is 33.7 Å². The molecule has 2 unspecified atom stereocenters. The molecule has 6 heteroatoms. The molecule has 0 spiro atoms. The van der Waals surface area contributed by atoms with E-state index in [0.29, 0.717) is 16.5 Å². The molecule has 29 heavy (non-hydrogen) atoms. The van der Waals surface area contributed by atoms with Gasteiger partial charge in [-0.25, -0.2) is 4.39 Å². The highest BCUT2D eigenvalue weighted by Crippen LogP contribution is 2.49. The van der Waals surface area contributed by atoms with E-state index in [1.165, 1.54) is 12.1 Å². The fourth-order valence-corrected chi connectivity index (χ4v) is 3.92. The van der Waals surface area contributed by atoms with Crippen LogP contribution in [0.15, 0.2) is 72.8 Å². The third kappa shape index (κ3) is 3.12. The molecular formula is C23H18ClFN2O2. The summed E-state index contributed by atoms with van der Waals surface area (Å²) in [6, 6.07) is 19.8. The monoisotopic (exact) mass is 408 g/mol. The van der Waals surface area contributed by atoms with Gasteiger partial charge in [-0.15, -0.1) is 0 Å². The summed E-state index contributed by atoms with van der Waals surface area (Å²) in [6.45, 7) is 0. The molecule has 1 N–H and O–H groups in total. The molecule has 2 aliphatic heterocycles. The number of halogens is 2. The van der Waals surface area contributed by atoms with E-state index >= 15 is 0 Å². The average Bonchev–Trinajstić information content (AvgIpc) is 3.19. The molecule has 3 aromatic rings. The average molecular weight is 409 g/mol. The largest absolute Gasteiger partial charge is 0.493 e. The van der Waals surface area contributed by atoms with Crippen molar-refractivity contribution in [1.29, 1.82) is 0 Å². The number of hydrogen-bond acceptors (Lipinski definition) is 4. The second-order valence-corrected chi connectivity index (χ2v) is 7.39. The van der Waals surface area contributed by atoms with Crippen molar-refractivity contribution in [2.45, 2.75) is 12.3 Å². The van der Waals surface area contributed by atoms with Gasteiger partial charge >= 0.3 is 0 Å². The Morgan fingerprint density at radius 1 is 1.03 bits per heavy atom. The van der Waals surface area contributed by atoms with Gasteiger partial charge in [0.15, 0.2) is 17.7 Å². The number of para-hydroxylation sites is 1. The van der Waals surface area contributed by atoms with Crippen LogP contribution < -0.4 is 14.9 Å². The second-order valence-electron chi connectivity index (χ2n) is 6.95. The van der Waals surface area contributed by atoms with Crippen molar-refractivity contribution in [3.05, 3.63) is 100 Å². The third-order valence-corrected chi connectivity index (χ3v) is 5.47. The number of ether oxygens (including phenoxy) is 2. The van der Waals surface area contributed by atoms with Gasteiger partial charge in [0, 0.05) is 16.1 Å². The SMILES string of the molecule is COc1cccc2c1OC(c1ccc(F)cc1)N1NC(c3ccc(Cl)cc3)=CC21. The molecule has 2 aliphatic rings. The number of methoxy groups -OCH3 is 1. The molecular weight excluding hydrogens is 391 g/mol. The van der Waals surface area contributed by atoms with E-state index in [1.807, 2.05) is 47.5 Å². The summed E-state index contributed by atoms with van der Waals surface area (Å²) in [5, 5.41) is 2.71. The van der Waals surface area contributed by atoms with Crippen LogP contribution in [0.25, 0.3) is 5.70 Å². The summed E-state index contributed by atoms with van der Waals surface area (Å²) >= 11 is 6.04. The van der Waals surface area contributed by atoms with Crippen LogP contribution in [-0.2, 0) is 0 Å². The third-order valence-electron chi connectivity index (χ3n) is 5.21. The van der Waals surface area contributed by atoms with Crippen molar-refractivity contribution >= 4 is 17.3 Å². The van der Waals surface area contributed by atoms with Crippen molar-refractivity contribution in [3.8, 4) is 11.5 Å². The van der Waals surface area contributed by atoms with Crippen LogP contribution in [0.2, 0.25) is 5.02 Å². The van der Waals surface area contributed by atoms with E-state index in [0.717, 1.165) is 22.4 Å². The van der Waals surface area contributed by atoms with Crippen molar-refractivity contribution in [1.82, 2.24) is 10.4 Å². The molecule has 0 radical (unpaired) electrons. The lowest BCUT2D eigenvalue weighted by Crippen LogP contribution is -2.43. The molecule has 0 aliphatic carbocycles. The molecule has 2 atom stereocenters. The molecule has 0 bridgehead atoms. The summed E-state index contributed by atoms with van der Waals surface area (Å²) in [5.41, 5.74) is 7.28. The maximum Gasteiger partial charge on any atom is 0.196 e. The van der Waals surface area contributed by atoms with E-state index < -0.39 is 6.23 Å². The van der Waals surface area contributed by atoms with Crippen molar-refractivity contribution in [2.24, 2.45) is 0 Å². The van der Waals surface area contributed by atoms with Gasteiger partial charge in [-0.05, 0) is 42.0 Å². The number of nitrogens with one attached hydrogen (secondary N) is 1. The molecule has 0 amide bonds. The van der Waals surface area contributed by atoms with Crippen molar-refractivity contribution in [2.75, 3.05) is 7.11 Å². The van der Waals surface area contributed by atoms with Crippen LogP contribution in [0.5, 0.6) is 11.5 Å². The first kappa shape index (κ1) is 18.0. The number of benzene rings is 3. The first-order chi connectivity index (χ1) is 14.1. The molecule has 2 heterocycles. The van der Waals surface area contributed by atoms with Crippen LogP contribution in [0.4, 0.5) is 4.39 Å². The summed E-state index contributed by atoms with van der Waals surface area (Å²) in [4.78, 5) is 0. The molecule has 5 rings (SSSR count). The quantitative estimate of drug-likeness (QED) is 0.622. The van der Waals surface area contributed by atoms with Crippen LogP contribution in [0, 0.1) is 5.82 Å². The fourth-order valence-electron chi connectivity index (χ4n) is 3.80. The lowest BCUT2D eigenvalue weighted by molar-refractivity contribution is -0.0343. The van der Waals surface area contributed by atoms with Crippen LogP contribution in [0.1, 0.15) is 29.0 Å². The Morgan fingerprint density at radius 2 is 1.79 bits per heavy atom. The van der Waals surface area contributed by atoms with Gasteiger partial charge in [-0.1, -0.05) is 48.0 Å². The van der Waals surface area contributed by atoms with Crippen LogP contribution in [0.3, 0.4) is 0 Å². The number of nitrogens with zero attached hydrogens (tertiary/aromatic N) is 1. The summed E-state index contributed by atoms with van der Waals surface area (Å²) in [6.07, 6.45) is 1.70. The standard InChI is InChI=1S/C23H18ClFN2O2/c1-28-21-4-2-3-18-20-13-19(14-5-9-16(24)10-6-14)26-27(20)23(29-22(18)21)15-7-11-17(25)12-8-15/h2-13,20,23,26H,1H3. The van der Waals surface area contributed by atoms with Gasteiger partial charge in [0.2, 0.25) is 0 Å². The Labute approximate surface area is 173 Å². The zero-order chi connectivity index (χ0) is 20.0. The predicted octanol–water partition coefficient (Wildman–Crippen LogP) is 5.48. The van der Waals surface area contributed by atoms with Crippen LogP contribution in [-0.4, -0.2) is 12.1 Å². The molecule has 0 aromatic heterocycles. The van der Waals surface area contributed by atoms with Crippen LogP contribution >= 0.6 is 11.6 Å². The van der Waals surface area contributed by atoms with E-state index in [4.69, 9.17) is 21.1 Å². The highest BCUT2D eigenvalue weighted by Gasteiger charge is 2.41. The molecule has 0 fully saturated rings. The lowest BCUT2D eigenvalue weighted by atomic mass is 10.00. The molecule has 146 valence electrons. The Hall–Kier alpha value is -3.02. The lowest BCUT2D eigenvalue weighted by Gasteiger charge is -2.39. The Kier molecular flexibility index (Phi) is 4.42. The van der Waals surface area contributed by atoms with Gasteiger partial charge in [-0.3, -0.25) is 0 Å². The van der Waals surface area contributed by atoms with Gasteiger partial charge in [0.1, 0.15) is 5.82 Å². The predicted molar refractivity (Wildman–Crippen MR) is 110 cm³/mol. The molecule has 4 nitrogen and oxygen atoms in total. The number of hydrogen-bond donors (Lipinski definition) is 1. The number of rotatable bonds is 3. The van der Waals surface area contributed by atoms with Gasteiger partial charge in [0.25, 0.3) is 0 Å². The van der Waals surface area contributed by atoms with E-state index in [2.05, 4.69) is 11.5 Å². The zero-order valence-corrected chi connectivity index (χ0v) is 16.4.